The lowest BCUT2D eigenvalue weighted by Gasteiger charge is -2.62. The molecule has 2 heteroatoms. The van der Waals surface area contributed by atoms with Crippen LogP contribution < -0.4 is 0 Å². The highest BCUT2D eigenvalue weighted by Gasteiger charge is 2.61. The van der Waals surface area contributed by atoms with Crippen LogP contribution in [0, 0.1) is 17.3 Å². The van der Waals surface area contributed by atoms with Crippen LogP contribution in [0.5, 0.6) is 0 Å². The summed E-state index contributed by atoms with van der Waals surface area (Å²) in [7, 11) is 3.52. The van der Waals surface area contributed by atoms with Gasteiger partial charge in [-0.05, 0) is 30.1 Å². The minimum Gasteiger partial charge on any atom is -0.353 e. The molecule has 2 saturated carbocycles. The first-order valence-electron chi connectivity index (χ1n) is 5.65. The molecule has 0 radical (unpaired) electrons. The average molecular weight is 198 g/mol. The van der Waals surface area contributed by atoms with E-state index in [2.05, 4.69) is 13.8 Å². The first kappa shape index (κ1) is 10.4. The Morgan fingerprint density at radius 3 is 1.93 bits per heavy atom. The van der Waals surface area contributed by atoms with Gasteiger partial charge in [0.2, 0.25) is 0 Å². The van der Waals surface area contributed by atoms with Crippen LogP contribution >= 0.6 is 0 Å². The van der Waals surface area contributed by atoms with Crippen molar-refractivity contribution in [3.8, 4) is 0 Å². The van der Waals surface area contributed by atoms with Gasteiger partial charge in [-0.1, -0.05) is 13.8 Å². The van der Waals surface area contributed by atoms with E-state index in [1.807, 2.05) is 0 Å². The Morgan fingerprint density at radius 2 is 1.57 bits per heavy atom. The highest BCUT2D eigenvalue weighted by molar-refractivity contribution is 5.07. The molecule has 0 heterocycles. The quantitative estimate of drug-likeness (QED) is 0.649. The molecule has 82 valence electrons. The van der Waals surface area contributed by atoms with E-state index in [4.69, 9.17) is 9.47 Å². The molecule has 0 saturated heterocycles. The predicted molar refractivity (Wildman–Crippen MR) is 56.0 cm³/mol. The van der Waals surface area contributed by atoms with E-state index >= 15 is 0 Å². The average Bonchev–Trinajstić information content (AvgIpc) is 2.01. The fraction of sp³-hybridized carbons (Fsp3) is 1.00. The van der Waals surface area contributed by atoms with Crippen molar-refractivity contribution in [1.82, 2.24) is 0 Å². The summed E-state index contributed by atoms with van der Waals surface area (Å²) in [6.45, 7) is 4.66. The van der Waals surface area contributed by atoms with Crippen LogP contribution in [0.1, 0.15) is 39.5 Å². The van der Waals surface area contributed by atoms with Crippen molar-refractivity contribution >= 4 is 0 Å². The third-order valence-corrected chi connectivity index (χ3v) is 4.37. The second-order valence-corrected chi connectivity index (χ2v) is 5.58. The smallest absolute Gasteiger partial charge is 0.168 e. The van der Waals surface area contributed by atoms with Crippen LogP contribution in [0.2, 0.25) is 0 Å². The number of rotatable bonds is 3. The normalized spacial score (nSPS) is 28.9. The first-order valence-corrected chi connectivity index (χ1v) is 5.65. The van der Waals surface area contributed by atoms with Crippen molar-refractivity contribution in [1.29, 1.82) is 0 Å². The summed E-state index contributed by atoms with van der Waals surface area (Å²) in [5, 5.41) is 0. The van der Waals surface area contributed by atoms with Crippen LogP contribution in [-0.2, 0) is 9.47 Å². The van der Waals surface area contributed by atoms with Crippen molar-refractivity contribution in [3.05, 3.63) is 0 Å². The van der Waals surface area contributed by atoms with Gasteiger partial charge in [0.05, 0.1) is 0 Å². The molecule has 0 atom stereocenters. The summed E-state index contributed by atoms with van der Waals surface area (Å²) >= 11 is 0. The first-order chi connectivity index (χ1) is 6.55. The fourth-order valence-electron chi connectivity index (χ4n) is 3.28. The molecule has 2 rings (SSSR count). The van der Waals surface area contributed by atoms with Gasteiger partial charge in [0.15, 0.2) is 5.79 Å². The molecule has 0 aromatic rings. The second-order valence-electron chi connectivity index (χ2n) is 5.58. The zero-order chi connectivity index (χ0) is 10.4. The van der Waals surface area contributed by atoms with Crippen LogP contribution in [-0.4, -0.2) is 20.0 Å². The molecule has 0 aliphatic heterocycles. The highest BCUT2D eigenvalue weighted by atomic mass is 16.7. The molecule has 0 aromatic carbocycles. The van der Waals surface area contributed by atoms with Gasteiger partial charge < -0.3 is 9.47 Å². The molecule has 2 aliphatic rings. The van der Waals surface area contributed by atoms with Crippen LogP contribution in [0.4, 0.5) is 0 Å². The molecule has 2 fully saturated rings. The van der Waals surface area contributed by atoms with Gasteiger partial charge in [0.1, 0.15) is 0 Å². The van der Waals surface area contributed by atoms with Gasteiger partial charge in [0, 0.05) is 27.1 Å². The van der Waals surface area contributed by atoms with E-state index < -0.39 is 0 Å². The van der Waals surface area contributed by atoms with Crippen molar-refractivity contribution in [2.75, 3.05) is 14.2 Å². The predicted octanol–water partition coefficient (Wildman–Crippen LogP) is 2.82. The summed E-state index contributed by atoms with van der Waals surface area (Å²) in [5.74, 6) is 1.56. The molecular weight excluding hydrogens is 176 g/mol. The molecular formula is C12H22O2. The second kappa shape index (κ2) is 3.21. The Bertz CT molecular complexity index is 202. The lowest BCUT2D eigenvalue weighted by Crippen LogP contribution is -2.60. The topological polar surface area (TPSA) is 18.5 Å². The lowest BCUT2D eigenvalue weighted by molar-refractivity contribution is -0.320. The number of hydrogen-bond acceptors (Lipinski definition) is 2. The molecule has 0 bridgehead atoms. The van der Waals surface area contributed by atoms with E-state index in [1.54, 1.807) is 14.2 Å². The summed E-state index contributed by atoms with van der Waals surface area (Å²) in [4.78, 5) is 0. The Balaban J connectivity index is 1.84. The fourth-order valence-corrected chi connectivity index (χ4v) is 3.28. The molecule has 0 N–H and O–H groups in total. The van der Waals surface area contributed by atoms with E-state index in [0.29, 0.717) is 5.41 Å². The van der Waals surface area contributed by atoms with Gasteiger partial charge in [-0.15, -0.1) is 0 Å². The van der Waals surface area contributed by atoms with E-state index in [0.717, 1.165) is 24.7 Å². The van der Waals surface area contributed by atoms with Crippen molar-refractivity contribution in [2.45, 2.75) is 45.3 Å². The zero-order valence-corrected chi connectivity index (χ0v) is 9.80. The Morgan fingerprint density at radius 1 is 1.07 bits per heavy atom. The standard InChI is InChI=1S/C12H22O2/c1-9(2)10-5-11(6-10)7-12(8-11,13-3)14-4/h9-10H,5-8H2,1-4H3. The summed E-state index contributed by atoms with van der Waals surface area (Å²) < 4.78 is 10.9. The summed E-state index contributed by atoms with van der Waals surface area (Å²) in [6, 6.07) is 0. The number of methoxy groups -OCH3 is 2. The molecule has 0 unspecified atom stereocenters. The van der Waals surface area contributed by atoms with Crippen molar-refractivity contribution in [2.24, 2.45) is 17.3 Å². The molecule has 2 aliphatic carbocycles. The van der Waals surface area contributed by atoms with Crippen LogP contribution in [0.15, 0.2) is 0 Å². The Kier molecular flexibility index (Phi) is 2.39. The van der Waals surface area contributed by atoms with Crippen LogP contribution in [0.25, 0.3) is 0 Å². The maximum Gasteiger partial charge on any atom is 0.168 e. The van der Waals surface area contributed by atoms with E-state index in [1.165, 1.54) is 12.8 Å². The molecule has 1 spiro atoms. The number of hydrogen-bond donors (Lipinski definition) is 0. The minimum atomic E-state index is -0.234. The largest absolute Gasteiger partial charge is 0.353 e. The molecule has 0 amide bonds. The molecule has 0 aromatic heterocycles. The summed E-state index contributed by atoms with van der Waals surface area (Å²) in [5.41, 5.74) is 0.584. The van der Waals surface area contributed by atoms with Gasteiger partial charge in [-0.3, -0.25) is 0 Å². The van der Waals surface area contributed by atoms with E-state index in [9.17, 15) is 0 Å². The maximum absolute atomic E-state index is 5.43. The Labute approximate surface area is 87.0 Å². The van der Waals surface area contributed by atoms with Crippen molar-refractivity contribution in [3.63, 3.8) is 0 Å². The monoisotopic (exact) mass is 198 g/mol. The number of ether oxygens (including phenoxy) is 2. The summed E-state index contributed by atoms with van der Waals surface area (Å²) in [6.07, 6.45) is 4.99. The molecule has 2 nitrogen and oxygen atoms in total. The van der Waals surface area contributed by atoms with Crippen molar-refractivity contribution < 1.29 is 9.47 Å². The van der Waals surface area contributed by atoms with Crippen LogP contribution in [0.3, 0.4) is 0 Å². The van der Waals surface area contributed by atoms with Gasteiger partial charge >= 0.3 is 0 Å². The van der Waals surface area contributed by atoms with Gasteiger partial charge in [-0.25, -0.2) is 0 Å². The third kappa shape index (κ3) is 1.40. The highest BCUT2D eigenvalue weighted by Crippen LogP contribution is 2.65. The Hall–Kier alpha value is -0.0800. The molecule has 14 heavy (non-hydrogen) atoms. The van der Waals surface area contributed by atoms with Gasteiger partial charge in [0.25, 0.3) is 0 Å². The van der Waals surface area contributed by atoms with Gasteiger partial charge in [-0.2, -0.15) is 0 Å². The lowest BCUT2D eigenvalue weighted by atomic mass is 9.47. The maximum atomic E-state index is 5.43. The third-order valence-electron chi connectivity index (χ3n) is 4.37. The minimum absolute atomic E-state index is 0.234. The SMILES string of the molecule is COC1(OC)CC2(CC(C(C)C)C2)C1. The van der Waals surface area contributed by atoms with E-state index in [-0.39, 0.29) is 5.79 Å². The zero-order valence-electron chi connectivity index (χ0n) is 9.80.